The number of aromatic nitrogens is 4. The molecule has 2 aromatic rings. The van der Waals surface area contributed by atoms with Crippen molar-refractivity contribution in [2.45, 2.75) is 69.0 Å². The maximum Gasteiger partial charge on any atom is 0.279 e. The maximum atomic E-state index is 12.8. The molecule has 0 bridgehead atoms. The van der Waals surface area contributed by atoms with Crippen molar-refractivity contribution in [2.75, 3.05) is 4.72 Å². The van der Waals surface area contributed by atoms with E-state index in [-0.39, 0.29) is 11.1 Å². The van der Waals surface area contributed by atoms with Crippen LogP contribution in [0.25, 0.3) is 0 Å². The molecule has 0 amide bonds. The van der Waals surface area contributed by atoms with Gasteiger partial charge in [-0.2, -0.15) is 18.6 Å². The van der Waals surface area contributed by atoms with E-state index in [1.165, 1.54) is 12.8 Å². The topological polar surface area (TPSA) is 81.8 Å². The van der Waals surface area contributed by atoms with Gasteiger partial charge in [-0.05, 0) is 45.1 Å². The van der Waals surface area contributed by atoms with Gasteiger partial charge in [0, 0.05) is 0 Å². The molecule has 0 unspecified atom stereocenters. The molecule has 2 aromatic heterocycles. The number of nitrogens with zero attached hydrogens (tertiary/aromatic N) is 4. The van der Waals surface area contributed by atoms with Gasteiger partial charge in [-0.1, -0.05) is 12.8 Å². The van der Waals surface area contributed by atoms with Gasteiger partial charge in [0.15, 0.2) is 5.03 Å². The first-order chi connectivity index (χ1) is 11.6. The number of hydrogen-bond acceptors (Lipinski definition) is 4. The molecular formula is C16H23N5O2S. The first-order valence-corrected chi connectivity index (χ1v) is 10.1. The first kappa shape index (κ1) is 15.7. The number of sulfonamides is 1. The van der Waals surface area contributed by atoms with Crippen molar-refractivity contribution in [1.82, 2.24) is 19.6 Å². The monoisotopic (exact) mass is 349 g/mol. The molecule has 2 heterocycles. The lowest BCUT2D eigenvalue weighted by Crippen LogP contribution is -2.24. The molecule has 0 atom stereocenters. The van der Waals surface area contributed by atoms with Gasteiger partial charge in [-0.25, -0.2) is 4.68 Å². The standard InChI is InChI=1S/C16H23N5O2S/c1-12-15(11-18-20(12)13-5-2-3-6-13)19-24(22,23)16-9-10-17-21(16)14-7-4-8-14/h9-11,13-14,19H,2-8H2,1H3. The van der Waals surface area contributed by atoms with E-state index in [4.69, 9.17) is 0 Å². The molecule has 8 heteroatoms. The van der Waals surface area contributed by atoms with E-state index in [0.29, 0.717) is 11.7 Å². The third-order valence-electron chi connectivity index (χ3n) is 5.29. The van der Waals surface area contributed by atoms with Crippen molar-refractivity contribution >= 4 is 15.7 Å². The highest BCUT2D eigenvalue weighted by molar-refractivity contribution is 7.92. The Morgan fingerprint density at radius 3 is 2.38 bits per heavy atom. The van der Waals surface area contributed by atoms with Crippen LogP contribution in [0.15, 0.2) is 23.5 Å². The SMILES string of the molecule is Cc1c(NS(=O)(=O)c2ccnn2C2CCC2)cnn1C1CCCC1. The lowest BCUT2D eigenvalue weighted by atomic mass is 9.93. The summed E-state index contributed by atoms with van der Waals surface area (Å²) in [6.45, 7) is 1.92. The quantitative estimate of drug-likeness (QED) is 0.899. The zero-order valence-electron chi connectivity index (χ0n) is 13.9. The Hall–Kier alpha value is -1.83. The van der Waals surface area contributed by atoms with Crippen LogP contribution in [-0.4, -0.2) is 28.0 Å². The summed E-state index contributed by atoms with van der Waals surface area (Å²) in [4.78, 5) is 0. The minimum absolute atomic E-state index is 0.203. The highest BCUT2D eigenvalue weighted by Gasteiger charge is 2.29. The van der Waals surface area contributed by atoms with Crippen LogP contribution in [0.3, 0.4) is 0 Å². The van der Waals surface area contributed by atoms with Gasteiger partial charge < -0.3 is 0 Å². The van der Waals surface area contributed by atoms with Gasteiger partial charge in [0.05, 0.1) is 35.9 Å². The second-order valence-electron chi connectivity index (χ2n) is 6.83. The molecular weight excluding hydrogens is 326 g/mol. The van der Waals surface area contributed by atoms with Crippen LogP contribution < -0.4 is 4.72 Å². The van der Waals surface area contributed by atoms with E-state index in [2.05, 4.69) is 14.9 Å². The summed E-state index contributed by atoms with van der Waals surface area (Å²) in [6, 6.07) is 2.16. The van der Waals surface area contributed by atoms with Gasteiger partial charge in [-0.3, -0.25) is 9.40 Å². The van der Waals surface area contributed by atoms with Crippen LogP contribution >= 0.6 is 0 Å². The summed E-state index contributed by atoms with van der Waals surface area (Å²) < 4.78 is 31.9. The predicted molar refractivity (Wildman–Crippen MR) is 90.4 cm³/mol. The number of rotatable bonds is 5. The van der Waals surface area contributed by atoms with E-state index >= 15 is 0 Å². The van der Waals surface area contributed by atoms with E-state index in [1.807, 2.05) is 11.6 Å². The van der Waals surface area contributed by atoms with E-state index in [0.717, 1.165) is 37.8 Å². The van der Waals surface area contributed by atoms with Gasteiger partial charge in [-0.15, -0.1) is 0 Å². The van der Waals surface area contributed by atoms with Crippen molar-refractivity contribution in [3.05, 3.63) is 24.2 Å². The summed E-state index contributed by atoms with van der Waals surface area (Å²) in [5.41, 5.74) is 1.43. The summed E-state index contributed by atoms with van der Waals surface area (Å²) >= 11 is 0. The van der Waals surface area contributed by atoms with E-state index in [9.17, 15) is 8.42 Å². The lowest BCUT2D eigenvalue weighted by Gasteiger charge is -2.27. The molecule has 0 radical (unpaired) electrons. The van der Waals surface area contributed by atoms with Crippen LogP contribution in [0.4, 0.5) is 5.69 Å². The van der Waals surface area contributed by atoms with Crippen LogP contribution in [0.5, 0.6) is 0 Å². The number of nitrogens with one attached hydrogen (secondary N) is 1. The van der Waals surface area contributed by atoms with E-state index in [1.54, 1.807) is 23.1 Å². The largest absolute Gasteiger partial charge is 0.279 e. The second-order valence-corrected chi connectivity index (χ2v) is 8.46. The number of anilines is 1. The van der Waals surface area contributed by atoms with Crippen LogP contribution in [0, 0.1) is 6.92 Å². The average molecular weight is 349 g/mol. The van der Waals surface area contributed by atoms with Crippen LogP contribution in [0.1, 0.15) is 62.7 Å². The zero-order valence-corrected chi connectivity index (χ0v) is 14.7. The molecule has 2 aliphatic rings. The smallest absolute Gasteiger partial charge is 0.275 e. The molecule has 0 saturated heterocycles. The second kappa shape index (κ2) is 5.91. The van der Waals surface area contributed by atoms with Crippen molar-refractivity contribution in [3.63, 3.8) is 0 Å². The molecule has 1 N–H and O–H groups in total. The first-order valence-electron chi connectivity index (χ1n) is 8.67. The van der Waals surface area contributed by atoms with Crippen LogP contribution in [-0.2, 0) is 10.0 Å². The van der Waals surface area contributed by atoms with Gasteiger partial charge in [0.1, 0.15) is 0 Å². The fourth-order valence-corrected chi connectivity index (χ4v) is 4.93. The minimum Gasteiger partial charge on any atom is -0.275 e. The van der Waals surface area contributed by atoms with E-state index < -0.39 is 10.0 Å². The molecule has 2 aliphatic carbocycles. The minimum atomic E-state index is -3.66. The Morgan fingerprint density at radius 2 is 1.71 bits per heavy atom. The molecule has 4 rings (SSSR count). The molecule has 0 spiro atoms. The zero-order chi connectivity index (χ0) is 16.7. The van der Waals surface area contributed by atoms with Gasteiger partial charge in [0.25, 0.3) is 10.0 Å². The summed E-state index contributed by atoms with van der Waals surface area (Å²) in [6.07, 6.45) is 10.9. The lowest BCUT2D eigenvalue weighted by molar-refractivity contribution is 0.271. The summed E-state index contributed by atoms with van der Waals surface area (Å²) in [7, 11) is -3.66. The average Bonchev–Trinajstić information content (AvgIpc) is 3.19. The summed E-state index contributed by atoms with van der Waals surface area (Å²) in [5.74, 6) is 0. The predicted octanol–water partition coefficient (Wildman–Crippen LogP) is 3.03. The molecule has 130 valence electrons. The highest BCUT2D eigenvalue weighted by atomic mass is 32.2. The molecule has 2 saturated carbocycles. The maximum absolute atomic E-state index is 12.8. The molecule has 24 heavy (non-hydrogen) atoms. The molecule has 0 aliphatic heterocycles. The fourth-order valence-electron chi connectivity index (χ4n) is 3.66. The molecule has 7 nitrogen and oxygen atoms in total. The number of hydrogen-bond donors (Lipinski definition) is 1. The highest BCUT2D eigenvalue weighted by Crippen LogP contribution is 2.34. The Balaban J connectivity index is 1.59. The Labute approximate surface area is 142 Å². The van der Waals surface area contributed by atoms with Gasteiger partial charge >= 0.3 is 0 Å². The third-order valence-corrected chi connectivity index (χ3v) is 6.65. The summed E-state index contributed by atoms with van der Waals surface area (Å²) in [5, 5.41) is 8.87. The third kappa shape index (κ3) is 2.62. The fraction of sp³-hybridized carbons (Fsp3) is 0.625. The van der Waals surface area contributed by atoms with Crippen molar-refractivity contribution < 1.29 is 8.42 Å². The van der Waals surface area contributed by atoms with Gasteiger partial charge in [0.2, 0.25) is 0 Å². The Kier molecular flexibility index (Phi) is 3.86. The van der Waals surface area contributed by atoms with Crippen molar-refractivity contribution in [3.8, 4) is 0 Å². The van der Waals surface area contributed by atoms with Crippen molar-refractivity contribution in [1.29, 1.82) is 0 Å². The van der Waals surface area contributed by atoms with Crippen LogP contribution in [0.2, 0.25) is 0 Å². The molecule has 0 aromatic carbocycles. The molecule has 2 fully saturated rings. The Bertz CT molecular complexity index is 829. The van der Waals surface area contributed by atoms with Crippen molar-refractivity contribution in [2.24, 2.45) is 0 Å². The normalized spacial score (nSPS) is 19.5. The Morgan fingerprint density at radius 1 is 1.04 bits per heavy atom.